The van der Waals surface area contributed by atoms with Gasteiger partial charge >= 0.3 is 0 Å². The number of sulfonamides is 1. The van der Waals surface area contributed by atoms with Crippen LogP contribution >= 0.6 is 31.9 Å². The van der Waals surface area contributed by atoms with E-state index in [1.54, 1.807) is 42.5 Å². The van der Waals surface area contributed by atoms with Gasteiger partial charge in [-0.05, 0) is 66.9 Å². The molecule has 4 aromatic carbocycles. The van der Waals surface area contributed by atoms with Gasteiger partial charge in [0.2, 0.25) is 11.8 Å². The van der Waals surface area contributed by atoms with Gasteiger partial charge in [-0.3, -0.25) is 13.9 Å². The number of rotatable bonds is 13. The first-order valence-corrected chi connectivity index (χ1v) is 17.3. The molecule has 0 aromatic heterocycles. The Morgan fingerprint density at radius 1 is 0.795 bits per heavy atom. The number of nitrogens with one attached hydrogen (secondary N) is 1. The van der Waals surface area contributed by atoms with Gasteiger partial charge in [0.05, 0.1) is 10.6 Å². The molecule has 44 heavy (non-hydrogen) atoms. The summed E-state index contributed by atoms with van der Waals surface area (Å²) >= 11 is 6.94. The molecule has 0 aliphatic rings. The normalized spacial score (nSPS) is 12.6. The van der Waals surface area contributed by atoms with Gasteiger partial charge in [-0.2, -0.15) is 0 Å². The Labute approximate surface area is 276 Å². The Morgan fingerprint density at radius 2 is 1.39 bits per heavy atom. The molecule has 0 aliphatic carbocycles. The van der Waals surface area contributed by atoms with E-state index in [0.717, 1.165) is 26.3 Å². The molecule has 2 amide bonds. The summed E-state index contributed by atoms with van der Waals surface area (Å²) in [5.74, 6) is -0.809. The summed E-state index contributed by atoms with van der Waals surface area (Å²) < 4.78 is 30.7. The number of carbonyl (C=O) groups excluding carboxylic acids is 2. The van der Waals surface area contributed by atoms with Crippen molar-refractivity contribution in [1.82, 2.24) is 10.2 Å². The molecule has 0 saturated carbocycles. The Bertz CT molecular complexity index is 1670. The molecule has 0 bridgehead atoms. The fourth-order valence-electron chi connectivity index (χ4n) is 4.71. The number of hydrogen-bond acceptors (Lipinski definition) is 4. The van der Waals surface area contributed by atoms with E-state index in [9.17, 15) is 18.0 Å². The Hall–Kier alpha value is -3.47. The summed E-state index contributed by atoms with van der Waals surface area (Å²) in [6.45, 7) is 3.48. The minimum atomic E-state index is -4.15. The third kappa shape index (κ3) is 8.80. The fraction of sp³-hybridized carbons (Fsp3) is 0.235. The molecule has 7 nitrogen and oxygen atoms in total. The molecule has 0 unspecified atom stereocenters. The van der Waals surface area contributed by atoms with Gasteiger partial charge in [-0.15, -0.1) is 0 Å². The summed E-state index contributed by atoms with van der Waals surface area (Å²) in [5, 5.41) is 3.05. The molecule has 4 rings (SSSR count). The molecule has 4 aromatic rings. The number of halogens is 2. The maximum absolute atomic E-state index is 14.5. The summed E-state index contributed by atoms with van der Waals surface area (Å²) in [4.78, 5) is 29.9. The first-order valence-electron chi connectivity index (χ1n) is 14.3. The zero-order valence-electron chi connectivity index (χ0n) is 24.6. The van der Waals surface area contributed by atoms with Crippen molar-refractivity contribution in [3.63, 3.8) is 0 Å². The van der Waals surface area contributed by atoms with E-state index < -0.39 is 28.5 Å². The van der Waals surface area contributed by atoms with Crippen LogP contribution in [-0.4, -0.2) is 43.8 Å². The second kappa shape index (κ2) is 15.5. The molecule has 0 fully saturated rings. The number of benzene rings is 4. The molecule has 0 aliphatic heterocycles. The average molecular weight is 742 g/mol. The van der Waals surface area contributed by atoms with Crippen LogP contribution in [0.5, 0.6) is 0 Å². The van der Waals surface area contributed by atoms with Crippen molar-refractivity contribution < 1.29 is 18.0 Å². The fourth-order valence-corrected chi connectivity index (χ4v) is 6.97. The van der Waals surface area contributed by atoms with E-state index in [-0.39, 0.29) is 29.8 Å². The van der Waals surface area contributed by atoms with E-state index in [0.29, 0.717) is 10.2 Å². The Balaban J connectivity index is 1.80. The highest BCUT2D eigenvalue weighted by Gasteiger charge is 2.35. The van der Waals surface area contributed by atoms with E-state index in [1.165, 1.54) is 17.0 Å². The number of nitrogens with zero attached hydrogens (tertiary/aromatic N) is 2. The van der Waals surface area contributed by atoms with Gasteiger partial charge in [-0.1, -0.05) is 106 Å². The lowest BCUT2D eigenvalue weighted by molar-refractivity contribution is -0.140. The van der Waals surface area contributed by atoms with Crippen LogP contribution in [-0.2, 0) is 32.6 Å². The van der Waals surface area contributed by atoms with Crippen LogP contribution in [0.4, 0.5) is 5.69 Å². The van der Waals surface area contributed by atoms with Crippen LogP contribution < -0.4 is 9.62 Å². The van der Waals surface area contributed by atoms with Crippen molar-refractivity contribution in [2.45, 2.75) is 50.2 Å². The summed E-state index contributed by atoms with van der Waals surface area (Å²) in [6.07, 6.45) is 0.973. The number of amides is 2. The lowest BCUT2D eigenvalue weighted by Gasteiger charge is -2.34. The minimum absolute atomic E-state index is 0.0571. The average Bonchev–Trinajstić information content (AvgIpc) is 3.02. The smallest absolute Gasteiger partial charge is 0.264 e. The lowest BCUT2D eigenvalue weighted by Crippen LogP contribution is -2.54. The second-order valence-electron chi connectivity index (χ2n) is 10.5. The van der Waals surface area contributed by atoms with Crippen LogP contribution in [0.15, 0.2) is 123 Å². The first kappa shape index (κ1) is 33.4. The van der Waals surface area contributed by atoms with Crippen LogP contribution in [0.2, 0.25) is 0 Å². The van der Waals surface area contributed by atoms with Crippen molar-refractivity contribution in [2.24, 2.45) is 0 Å². The largest absolute Gasteiger partial charge is 0.352 e. The third-order valence-corrected chi connectivity index (χ3v) is 9.99. The molecular formula is C34H35Br2N3O4S. The molecule has 0 radical (unpaired) electrons. The zero-order valence-corrected chi connectivity index (χ0v) is 28.6. The summed E-state index contributed by atoms with van der Waals surface area (Å²) in [6, 6.07) is 30.8. The zero-order chi connectivity index (χ0) is 31.7. The van der Waals surface area contributed by atoms with Crippen molar-refractivity contribution in [2.75, 3.05) is 10.8 Å². The number of carbonyl (C=O) groups is 2. The molecule has 2 atom stereocenters. The number of anilines is 1. The predicted octanol–water partition coefficient (Wildman–Crippen LogP) is 6.96. The van der Waals surface area contributed by atoms with Crippen molar-refractivity contribution in [3.05, 3.63) is 129 Å². The van der Waals surface area contributed by atoms with Crippen LogP contribution in [0.25, 0.3) is 0 Å². The molecule has 0 spiro atoms. The summed E-state index contributed by atoms with van der Waals surface area (Å²) in [7, 11) is -4.15. The topological polar surface area (TPSA) is 86.8 Å². The number of hydrogen-bond donors (Lipinski definition) is 1. The molecular weight excluding hydrogens is 706 g/mol. The van der Waals surface area contributed by atoms with Gasteiger partial charge in [-0.25, -0.2) is 8.42 Å². The summed E-state index contributed by atoms with van der Waals surface area (Å²) in [5.41, 5.74) is 1.99. The lowest BCUT2D eigenvalue weighted by atomic mass is 10.0. The highest BCUT2D eigenvalue weighted by atomic mass is 79.9. The van der Waals surface area contributed by atoms with Crippen LogP contribution in [0.1, 0.15) is 31.4 Å². The second-order valence-corrected chi connectivity index (χ2v) is 14.2. The molecule has 230 valence electrons. The minimum Gasteiger partial charge on any atom is -0.352 e. The van der Waals surface area contributed by atoms with Crippen LogP contribution in [0.3, 0.4) is 0 Å². The molecule has 10 heteroatoms. The van der Waals surface area contributed by atoms with Crippen molar-refractivity contribution >= 4 is 59.4 Å². The molecule has 0 saturated heterocycles. The van der Waals surface area contributed by atoms with Crippen LogP contribution in [0, 0.1) is 0 Å². The molecule has 0 heterocycles. The quantitative estimate of drug-likeness (QED) is 0.161. The standard InChI is InChI=1S/C34H35Br2N3O4S/c1-3-25(2)37-34(41)32(21-26-12-6-4-7-13-26)38(23-27-14-10-15-28(35)20-27)33(40)24-39(30-17-11-16-29(36)22-30)44(42,43)31-18-8-5-9-19-31/h4-20,22,25,32H,3,21,23-24H2,1-2H3,(H,37,41)/t25-,32-/m1/s1. The molecule has 1 N–H and O–H groups in total. The van der Waals surface area contributed by atoms with Gasteiger partial charge < -0.3 is 10.2 Å². The van der Waals surface area contributed by atoms with Crippen molar-refractivity contribution in [1.29, 1.82) is 0 Å². The van der Waals surface area contributed by atoms with E-state index in [1.807, 2.05) is 68.4 Å². The Kier molecular flexibility index (Phi) is 11.8. The maximum Gasteiger partial charge on any atom is 0.264 e. The van der Waals surface area contributed by atoms with Gasteiger partial charge in [0.25, 0.3) is 10.0 Å². The Morgan fingerprint density at radius 3 is 2.00 bits per heavy atom. The van der Waals surface area contributed by atoms with Crippen molar-refractivity contribution in [3.8, 4) is 0 Å². The third-order valence-electron chi connectivity index (χ3n) is 7.22. The van der Waals surface area contributed by atoms with E-state index in [4.69, 9.17) is 0 Å². The SMILES string of the molecule is CC[C@@H](C)NC(=O)[C@@H](Cc1ccccc1)N(Cc1cccc(Br)c1)C(=O)CN(c1cccc(Br)c1)S(=O)(=O)c1ccccc1. The van der Waals surface area contributed by atoms with Gasteiger partial charge in [0.15, 0.2) is 0 Å². The van der Waals surface area contributed by atoms with Gasteiger partial charge in [0.1, 0.15) is 12.6 Å². The van der Waals surface area contributed by atoms with Gasteiger partial charge in [0, 0.05) is 28.0 Å². The van der Waals surface area contributed by atoms with E-state index in [2.05, 4.69) is 37.2 Å². The monoisotopic (exact) mass is 739 g/mol. The van der Waals surface area contributed by atoms with E-state index >= 15 is 0 Å². The highest BCUT2D eigenvalue weighted by Crippen LogP contribution is 2.27. The predicted molar refractivity (Wildman–Crippen MR) is 182 cm³/mol. The first-order chi connectivity index (χ1) is 21.1. The maximum atomic E-state index is 14.5. The highest BCUT2D eigenvalue weighted by molar-refractivity contribution is 9.10.